The molecule has 0 aliphatic carbocycles. The Morgan fingerprint density at radius 2 is 2.50 bits per heavy atom. The van der Waals surface area contributed by atoms with Crippen molar-refractivity contribution in [2.45, 2.75) is 38.5 Å². The number of ether oxygens (including phenoxy) is 2. The van der Waals surface area contributed by atoms with Gasteiger partial charge in [-0.3, -0.25) is 0 Å². The molecule has 88 valence electrons. The van der Waals surface area contributed by atoms with E-state index in [1.165, 1.54) is 13.4 Å². The van der Waals surface area contributed by atoms with Crippen molar-refractivity contribution in [1.82, 2.24) is 14.8 Å². The van der Waals surface area contributed by atoms with Gasteiger partial charge in [-0.1, -0.05) is 0 Å². The Bertz CT molecular complexity index is 377. The van der Waals surface area contributed by atoms with Crippen molar-refractivity contribution >= 4 is 5.97 Å². The maximum absolute atomic E-state index is 11.1. The number of nitrogens with zero attached hydrogens (tertiary/aromatic N) is 3. The quantitative estimate of drug-likeness (QED) is 0.706. The number of aromatic nitrogens is 3. The summed E-state index contributed by atoms with van der Waals surface area (Å²) in [5.74, 6) is -0.423. The van der Waals surface area contributed by atoms with E-state index in [1.54, 1.807) is 4.68 Å². The smallest absolute Gasteiger partial charge is 0.377 e. The predicted octanol–water partition coefficient (Wildman–Crippen LogP) is 0.632. The molecular formula is C10H15N3O3. The third-order valence-corrected chi connectivity index (χ3v) is 2.62. The Kier molecular flexibility index (Phi) is 3.19. The summed E-state index contributed by atoms with van der Waals surface area (Å²) in [5, 5.41) is 4.02. The summed E-state index contributed by atoms with van der Waals surface area (Å²) in [7, 11) is 1.31. The van der Waals surface area contributed by atoms with Crippen molar-refractivity contribution in [3.63, 3.8) is 0 Å². The minimum atomic E-state index is -0.514. The molecule has 0 N–H and O–H groups in total. The third kappa shape index (κ3) is 2.38. The second-order valence-corrected chi connectivity index (χ2v) is 3.93. The summed E-state index contributed by atoms with van der Waals surface area (Å²) in [6.45, 7) is 2.69. The molecule has 1 aliphatic heterocycles. The van der Waals surface area contributed by atoms with Gasteiger partial charge < -0.3 is 9.47 Å². The highest BCUT2D eigenvalue weighted by molar-refractivity contribution is 5.84. The second-order valence-electron chi connectivity index (χ2n) is 3.93. The first-order valence-electron chi connectivity index (χ1n) is 5.32. The van der Waals surface area contributed by atoms with Gasteiger partial charge in [-0.2, -0.15) is 0 Å². The van der Waals surface area contributed by atoms with Crippen LogP contribution in [0.25, 0.3) is 0 Å². The molecule has 1 aromatic heterocycles. The minimum absolute atomic E-state index is 0.0912. The van der Waals surface area contributed by atoms with Crippen LogP contribution in [0.2, 0.25) is 0 Å². The van der Waals surface area contributed by atoms with Gasteiger partial charge in [0.05, 0.1) is 25.9 Å². The molecule has 6 heteroatoms. The van der Waals surface area contributed by atoms with E-state index in [2.05, 4.69) is 21.7 Å². The maximum atomic E-state index is 11.1. The van der Waals surface area contributed by atoms with Crippen LogP contribution in [-0.2, 0) is 16.0 Å². The highest BCUT2D eigenvalue weighted by atomic mass is 16.5. The summed E-state index contributed by atoms with van der Waals surface area (Å²) < 4.78 is 11.8. The van der Waals surface area contributed by atoms with Crippen LogP contribution in [-0.4, -0.2) is 40.1 Å². The Morgan fingerprint density at radius 3 is 3.12 bits per heavy atom. The lowest BCUT2D eigenvalue weighted by atomic mass is 10.2. The van der Waals surface area contributed by atoms with Crippen molar-refractivity contribution in [3.05, 3.63) is 12.2 Å². The first kappa shape index (κ1) is 11.1. The summed E-state index contributed by atoms with van der Waals surface area (Å²) in [4.78, 5) is 15.0. The molecule has 2 rings (SSSR count). The number of hydrogen-bond acceptors (Lipinski definition) is 5. The van der Waals surface area contributed by atoms with Gasteiger partial charge in [0.2, 0.25) is 0 Å². The number of carbonyl (C=O) groups is 1. The molecule has 0 radical (unpaired) electrons. The van der Waals surface area contributed by atoms with Crippen LogP contribution in [0.5, 0.6) is 0 Å². The molecule has 1 aliphatic rings. The normalized spacial score (nSPS) is 24.6. The number of carbonyl (C=O) groups excluding carboxylic acids is 1. The average Bonchev–Trinajstić information content (AvgIpc) is 2.87. The van der Waals surface area contributed by atoms with Crippen molar-refractivity contribution < 1.29 is 14.3 Å². The van der Waals surface area contributed by atoms with Crippen LogP contribution in [0.15, 0.2) is 6.33 Å². The summed E-state index contributed by atoms with van der Waals surface area (Å²) in [5.41, 5.74) is 0. The standard InChI is InChI=1S/C10H15N3O3/c1-7-3-4-8(16-7)5-13-6-11-9(12-13)10(14)15-2/h6-8H,3-5H2,1-2H3. The summed E-state index contributed by atoms with van der Waals surface area (Å²) in [6, 6.07) is 0. The van der Waals surface area contributed by atoms with E-state index in [-0.39, 0.29) is 11.9 Å². The molecule has 1 fully saturated rings. The SMILES string of the molecule is COC(=O)c1ncn(CC2CCC(C)O2)n1. The van der Waals surface area contributed by atoms with Crippen LogP contribution >= 0.6 is 0 Å². The molecule has 0 bridgehead atoms. The van der Waals surface area contributed by atoms with Crippen molar-refractivity contribution in [3.8, 4) is 0 Å². The summed E-state index contributed by atoms with van der Waals surface area (Å²) >= 11 is 0. The van der Waals surface area contributed by atoms with Crippen LogP contribution in [0.1, 0.15) is 30.4 Å². The second kappa shape index (κ2) is 4.61. The van der Waals surface area contributed by atoms with E-state index in [0.29, 0.717) is 12.6 Å². The Labute approximate surface area is 93.6 Å². The first-order chi connectivity index (χ1) is 7.69. The highest BCUT2D eigenvalue weighted by Crippen LogP contribution is 2.19. The van der Waals surface area contributed by atoms with Gasteiger partial charge in [0.15, 0.2) is 0 Å². The van der Waals surface area contributed by atoms with Crippen LogP contribution in [0, 0.1) is 0 Å². The van der Waals surface area contributed by atoms with Gasteiger partial charge in [-0.15, -0.1) is 5.10 Å². The monoisotopic (exact) mass is 225 g/mol. The molecule has 0 amide bonds. The van der Waals surface area contributed by atoms with Crippen LogP contribution in [0.4, 0.5) is 0 Å². The van der Waals surface area contributed by atoms with Gasteiger partial charge in [0, 0.05) is 0 Å². The fraction of sp³-hybridized carbons (Fsp3) is 0.700. The van der Waals surface area contributed by atoms with E-state index in [9.17, 15) is 4.79 Å². The zero-order valence-corrected chi connectivity index (χ0v) is 9.42. The molecule has 0 saturated carbocycles. The molecule has 1 saturated heterocycles. The third-order valence-electron chi connectivity index (χ3n) is 2.62. The number of hydrogen-bond donors (Lipinski definition) is 0. The van der Waals surface area contributed by atoms with Crippen molar-refractivity contribution in [2.75, 3.05) is 7.11 Å². The van der Waals surface area contributed by atoms with E-state index < -0.39 is 5.97 Å². The van der Waals surface area contributed by atoms with Crippen LogP contribution < -0.4 is 0 Å². The van der Waals surface area contributed by atoms with Crippen molar-refractivity contribution in [1.29, 1.82) is 0 Å². The lowest BCUT2D eigenvalue weighted by Crippen LogP contribution is -2.17. The number of esters is 1. The molecule has 0 spiro atoms. The topological polar surface area (TPSA) is 66.2 Å². The van der Waals surface area contributed by atoms with Gasteiger partial charge in [-0.05, 0) is 19.8 Å². The van der Waals surface area contributed by atoms with Crippen LogP contribution in [0.3, 0.4) is 0 Å². The number of methoxy groups -OCH3 is 1. The molecule has 2 unspecified atom stereocenters. The van der Waals surface area contributed by atoms with E-state index >= 15 is 0 Å². The lowest BCUT2D eigenvalue weighted by Gasteiger charge is -2.09. The molecule has 6 nitrogen and oxygen atoms in total. The lowest BCUT2D eigenvalue weighted by molar-refractivity contribution is 0.0431. The van der Waals surface area contributed by atoms with E-state index in [0.717, 1.165) is 12.8 Å². The molecule has 16 heavy (non-hydrogen) atoms. The largest absolute Gasteiger partial charge is 0.463 e. The zero-order valence-electron chi connectivity index (χ0n) is 9.42. The first-order valence-corrected chi connectivity index (χ1v) is 5.32. The highest BCUT2D eigenvalue weighted by Gasteiger charge is 2.23. The minimum Gasteiger partial charge on any atom is -0.463 e. The van der Waals surface area contributed by atoms with Gasteiger partial charge in [0.25, 0.3) is 5.82 Å². The van der Waals surface area contributed by atoms with Crippen molar-refractivity contribution in [2.24, 2.45) is 0 Å². The zero-order chi connectivity index (χ0) is 11.5. The Hall–Kier alpha value is -1.43. The van der Waals surface area contributed by atoms with Gasteiger partial charge in [-0.25, -0.2) is 14.5 Å². The fourth-order valence-corrected chi connectivity index (χ4v) is 1.80. The molecule has 2 atom stereocenters. The molecular weight excluding hydrogens is 210 g/mol. The van der Waals surface area contributed by atoms with Gasteiger partial charge in [0.1, 0.15) is 6.33 Å². The Balaban J connectivity index is 1.95. The molecule has 1 aromatic rings. The van der Waals surface area contributed by atoms with E-state index in [4.69, 9.17) is 4.74 Å². The van der Waals surface area contributed by atoms with E-state index in [1.807, 2.05) is 0 Å². The molecule has 2 heterocycles. The summed E-state index contributed by atoms with van der Waals surface area (Å²) in [6.07, 6.45) is 4.10. The number of rotatable bonds is 3. The molecule has 0 aromatic carbocycles. The average molecular weight is 225 g/mol. The Morgan fingerprint density at radius 1 is 1.69 bits per heavy atom. The van der Waals surface area contributed by atoms with Gasteiger partial charge >= 0.3 is 5.97 Å². The maximum Gasteiger partial charge on any atom is 0.377 e. The predicted molar refractivity (Wildman–Crippen MR) is 54.9 cm³/mol. The fourth-order valence-electron chi connectivity index (χ4n) is 1.80.